The van der Waals surface area contributed by atoms with Crippen molar-refractivity contribution in [3.63, 3.8) is 0 Å². The molecule has 0 saturated carbocycles. The van der Waals surface area contributed by atoms with Crippen LogP contribution in [0.2, 0.25) is 0 Å². The third-order valence-corrected chi connectivity index (χ3v) is 4.82. The van der Waals surface area contributed by atoms with Crippen LogP contribution in [0.3, 0.4) is 0 Å². The molecule has 5 nitrogen and oxygen atoms in total. The summed E-state index contributed by atoms with van der Waals surface area (Å²) in [5.74, 6) is 0.329. The molecule has 21 heavy (non-hydrogen) atoms. The first-order valence-electron chi connectivity index (χ1n) is 6.46. The van der Waals surface area contributed by atoms with Crippen molar-refractivity contribution in [3.8, 4) is 0 Å². The van der Waals surface area contributed by atoms with Crippen molar-refractivity contribution in [2.24, 2.45) is 0 Å². The Morgan fingerprint density at radius 2 is 1.90 bits per heavy atom. The van der Waals surface area contributed by atoms with Gasteiger partial charge in [-0.05, 0) is 31.0 Å². The van der Waals surface area contributed by atoms with E-state index in [2.05, 4.69) is 0 Å². The van der Waals surface area contributed by atoms with Crippen molar-refractivity contribution in [3.05, 3.63) is 63.7 Å². The number of hydrogen-bond donors (Lipinski definition) is 1. The minimum Gasteiger partial charge on any atom is -0.398 e. The Balaban J connectivity index is 2.15. The summed E-state index contributed by atoms with van der Waals surface area (Å²) in [6.07, 6.45) is 0.387. The van der Waals surface area contributed by atoms with Gasteiger partial charge >= 0.3 is 0 Å². The summed E-state index contributed by atoms with van der Waals surface area (Å²) in [4.78, 5) is 11.2. The first-order chi connectivity index (χ1) is 10.0. The number of hydrogen-bond acceptors (Lipinski definition) is 4. The lowest BCUT2D eigenvalue weighted by molar-refractivity contribution is -0.385. The van der Waals surface area contributed by atoms with Gasteiger partial charge in [0.2, 0.25) is 0 Å². The fourth-order valence-corrected chi connectivity index (χ4v) is 3.41. The minimum absolute atomic E-state index is 0.0683. The summed E-state index contributed by atoms with van der Waals surface area (Å²) in [5.41, 5.74) is 7.88. The Morgan fingerprint density at radius 1 is 1.19 bits per heavy atom. The van der Waals surface area contributed by atoms with Crippen molar-refractivity contribution >= 4 is 22.2 Å². The second-order valence-electron chi connectivity index (χ2n) is 4.66. The van der Waals surface area contributed by atoms with Crippen LogP contribution in [0, 0.1) is 17.0 Å². The Morgan fingerprint density at radius 3 is 2.62 bits per heavy atom. The molecule has 2 aromatic rings. The normalized spacial score (nSPS) is 12.0. The molecule has 0 aliphatic rings. The molecule has 1 unspecified atom stereocenters. The average Bonchev–Trinajstić information content (AvgIpc) is 2.47. The van der Waals surface area contributed by atoms with Crippen molar-refractivity contribution < 1.29 is 9.13 Å². The molecule has 0 aliphatic heterocycles. The van der Waals surface area contributed by atoms with E-state index in [0.29, 0.717) is 28.3 Å². The molecule has 0 amide bonds. The molecule has 0 saturated heterocycles. The van der Waals surface area contributed by atoms with Crippen LogP contribution < -0.4 is 5.73 Å². The molecule has 2 aromatic carbocycles. The molecule has 0 aliphatic carbocycles. The third kappa shape index (κ3) is 3.46. The van der Waals surface area contributed by atoms with Gasteiger partial charge < -0.3 is 5.73 Å². The first kappa shape index (κ1) is 15.2. The molecule has 0 heterocycles. The quantitative estimate of drug-likeness (QED) is 0.523. The average molecular weight is 304 g/mol. The Hall–Kier alpha value is -2.21. The van der Waals surface area contributed by atoms with Crippen molar-refractivity contribution in [2.45, 2.75) is 18.2 Å². The van der Waals surface area contributed by atoms with Crippen LogP contribution in [0.25, 0.3) is 0 Å². The summed E-state index contributed by atoms with van der Waals surface area (Å²) >= 11 is 0. The van der Waals surface area contributed by atoms with Gasteiger partial charge in [-0.25, -0.2) is 0 Å². The maximum Gasteiger partial charge on any atom is 0.272 e. The number of nitrogens with two attached hydrogens (primary N) is 1. The Labute approximate surface area is 125 Å². The number of nitrogens with zero attached hydrogens (tertiary/aromatic N) is 1. The number of anilines is 1. The first-order valence-corrected chi connectivity index (χ1v) is 7.78. The highest BCUT2D eigenvalue weighted by Gasteiger charge is 2.15. The lowest BCUT2D eigenvalue weighted by atomic mass is 10.1. The van der Waals surface area contributed by atoms with E-state index in [1.54, 1.807) is 36.4 Å². The van der Waals surface area contributed by atoms with E-state index in [9.17, 15) is 14.3 Å². The largest absolute Gasteiger partial charge is 0.398 e. The van der Waals surface area contributed by atoms with Gasteiger partial charge in [0.25, 0.3) is 5.69 Å². The molecule has 0 fully saturated rings. The fourth-order valence-electron chi connectivity index (χ4n) is 2.09. The molecular formula is C15H16N2O3S. The van der Waals surface area contributed by atoms with Crippen molar-refractivity contribution in [2.75, 3.05) is 11.5 Å². The SMILES string of the molecule is Cc1c(N)cccc1S(=O)CCc1ccccc1[N+](=O)[O-]. The van der Waals surface area contributed by atoms with Crippen LogP contribution in [0.1, 0.15) is 11.1 Å². The van der Waals surface area contributed by atoms with E-state index in [1.807, 2.05) is 6.92 Å². The highest BCUT2D eigenvalue weighted by atomic mass is 32.2. The van der Waals surface area contributed by atoms with E-state index in [4.69, 9.17) is 5.73 Å². The van der Waals surface area contributed by atoms with E-state index in [-0.39, 0.29) is 5.69 Å². The van der Waals surface area contributed by atoms with Gasteiger partial charge in [-0.15, -0.1) is 0 Å². The molecule has 0 bridgehead atoms. The fraction of sp³-hybridized carbons (Fsp3) is 0.200. The maximum atomic E-state index is 12.4. The van der Waals surface area contributed by atoms with E-state index in [1.165, 1.54) is 6.07 Å². The lowest BCUT2D eigenvalue weighted by Gasteiger charge is -2.08. The van der Waals surface area contributed by atoms with E-state index < -0.39 is 15.7 Å². The van der Waals surface area contributed by atoms with Gasteiger partial charge in [0, 0.05) is 28.0 Å². The van der Waals surface area contributed by atoms with Gasteiger partial charge in [-0.1, -0.05) is 24.3 Å². The van der Waals surface area contributed by atoms with Crippen LogP contribution in [0.5, 0.6) is 0 Å². The smallest absolute Gasteiger partial charge is 0.272 e. The van der Waals surface area contributed by atoms with Crippen molar-refractivity contribution in [1.29, 1.82) is 0 Å². The summed E-state index contributed by atoms with van der Waals surface area (Å²) in [6, 6.07) is 11.8. The maximum absolute atomic E-state index is 12.4. The zero-order valence-corrected chi connectivity index (χ0v) is 12.4. The number of nitro benzene ring substituents is 1. The van der Waals surface area contributed by atoms with Crippen molar-refractivity contribution in [1.82, 2.24) is 0 Å². The van der Waals surface area contributed by atoms with Crippen LogP contribution in [-0.4, -0.2) is 14.9 Å². The van der Waals surface area contributed by atoms with E-state index in [0.717, 1.165) is 5.56 Å². The molecule has 0 aromatic heterocycles. The Kier molecular flexibility index (Phi) is 4.70. The topological polar surface area (TPSA) is 86.2 Å². The molecule has 2 N–H and O–H groups in total. The number of aryl methyl sites for hydroxylation is 1. The highest BCUT2D eigenvalue weighted by molar-refractivity contribution is 7.85. The van der Waals surface area contributed by atoms with Crippen LogP contribution in [-0.2, 0) is 17.2 Å². The summed E-state index contributed by atoms with van der Waals surface area (Å²) in [6.45, 7) is 1.83. The van der Waals surface area contributed by atoms with E-state index >= 15 is 0 Å². The third-order valence-electron chi connectivity index (χ3n) is 3.32. The van der Waals surface area contributed by atoms with Crippen LogP contribution >= 0.6 is 0 Å². The molecule has 1 atom stereocenters. The summed E-state index contributed by atoms with van der Waals surface area (Å²) < 4.78 is 12.4. The number of rotatable bonds is 5. The predicted molar refractivity (Wildman–Crippen MR) is 83.7 cm³/mol. The van der Waals surface area contributed by atoms with Gasteiger partial charge in [-0.3, -0.25) is 14.3 Å². The number of para-hydroxylation sites is 1. The second-order valence-corrected chi connectivity index (χ2v) is 6.19. The predicted octanol–water partition coefficient (Wildman–Crippen LogP) is 2.84. The zero-order chi connectivity index (χ0) is 15.4. The monoisotopic (exact) mass is 304 g/mol. The number of benzene rings is 2. The standard InChI is InChI=1S/C15H16N2O3S/c1-11-13(16)6-4-8-15(11)21(20)10-9-12-5-2-3-7-14(12)17(18)19/h2-8H,9-10,16H2,1H3. The van der Waals surface area contributed by atoms with Gasteiger partial charge in [-0.2, -0.15) is 0 Å². The number of nitro groups is 1. The minimum atomic E-state index is -1.23. The molecule has 2 rings (SSSR count). The summed E-state index contributed by atoms with van der Waals surface area (Å²) in [7, 11) is -1.23. The second kappa shape index (κ2) is 6.49. The van der Waals surface area contributed by atoms with Gasteiger partial charge in [0.05, 0.1) is 15.7 Å². The number of nitrogen functional groups attached to an aromatic ring is 1. The lowest BCUT2D eigenvalue weighted by Crippen LogP contribution is -2.06. The molecule has 6 heteroatoms. The summed E-state index contributed by atoms with van der Waals surface area (Å²) in [5, 5.41) is 10.9. The Bertz CT molecular complexity index is 701. The molecule has 110 valence electrons. The molecule has 0 radical (unpaired) electrons. The molecular weight excluding hydrogens is 288 g/mol. The zero-order valence-electron chi connectivity index (χ0n) is 11.6. The van der Waals surface area contributed by atoms with Crippen LogP contribution in [0.15, 0.2) is 47.4 Å². The highest BCUT2D eigenvalue weighted by Crippen LogP contribution is 2.22. The van der Waals surface area contributed by atoms with Gasteiger partial charge in [0.1, 0.15) is 0 Å². The molecule has 0 spiro atoms. The van der Waals surface area contributed by atoms with Crippen LogP contribution in [0.4, 0.5) is 11.4 Å². The van der Waals surface area contributed by atoms with Gasteiger partial charge in [0.15, 0.2) is 0 Å².